The fourth-order valence-corrected chi connectivity index (χ4v) is 2.60. The van der Waals surface area contributed by atoms with E-state index in [1.165, 1.54) is 24.0 Å². The van der Waals surface area contributed by atoms with Gasteiger partial charge in [0.15, 0.2) is 5.96 Å². The maximum atomic E-state index is 11.5. The Kier molecular flexibility index (Phi) is 7.64. The number of halogens is 1. The first kappa shape index (κ1) is 18.7. The molecule has 122 valence electrons. The summed E-state index contributed by atoms with van der Waals surface area (Å²) in [6, 6.07) is 6.33. The van der Waals surface area contributed by atoms with Crippen LogP contribution < -0.4 is 16.4 Å². The van der Waals surface area contributed by atoms with Gasteiger partial charge in [0.2, 0.25) is 5.91 Å². The summed E-state index contributed by atoms with van der Waals surface area (Å²) in [6.45, 7) is 3.88. The van der Waals surface area contributed by atoms with E-state index in [0.717, 1.165) is 18.5 Å². The number of hydrogen-bond acceptors (Lipinski definition) is 2. The van der Waals surface area contributed by atoms with Gasteiger partial charge in [0.25, 0.3) is 0 Å². The number of anilines is 1. The second-order valence-corrected chi connectivity index (χ2v) is 5.70. The molecule has 2 rings (SSSR count). The minimum atomic E-state index is -0.121. The lowest BCUT2D eigenvalue weighted by Crippen LogP contribution is -2.33. The molecule has 1 aliphatic carbocycles. The van der Waals surface area contributed by atoms with E-state index in [2.05, 4.69) is 21.7 Å². The second kappa shape index (κ2) is 8.97. The van der Waals surface area contributed by atoms with Crippen molar-refractivity contribution >= 4 is 41.5 Å². The third kappa shape index (κ3) is 5.47. The van der Waals surface area contributed by atoms with Crippen molar-refractivity contribution in [2.75, 3.05) is 11.9 Å². The topological polar surface area (TPSA) is 79.5 Å². The van der Waals surface area contributed by atoms with Crippen LogP contribution in [0, 0.1) is 0 Å². The first-order valence-electron chi connectivity index (χ1n) is 7.53. The number of carbonyl (C=O) groups is 1. The van der Waals surface area contributed by atoms with Gasteiger partial charge in [-0.3, -0.25) is 4.79 Å². The second-order valence-electron chi connectivity index (χ2n) is 5.70. The first-order chi connectivity index (χ1) is 10.1. The van der Waals surface area contributed by atoms with Crippen LogP contribution in [0.1, 0.15) is 37.8 Å². The van der Waals surface area contributed by atoms with Gasteiger partial charge in [0, 0.05) is 11.7 Å². The lowest BCUT2D eigenvalue weighted by Gasteiger charge is -2.19. The van der Waals surface area contributed by atoms with Gasteiger partial charge in [0.1, 0.15) is 6.54 Å². The standard InChI is InChI=1S/C16H24N4O.HI/c1-11(2)19-15(21)10-18-16(17)20-14-9-5-7-12-6-3-4-8-13(12)14;/h5,7,9,11H,3-4,6,8,10H2,1-2H3,(H,19,21)(H3,17,18,20);1H. The predicted molar refractivity (Wildman–Crippen MR) is 102 cm³/mol. The highest BCUT2D eigenvalue weighted by atomic mass is 127. The van der Waals surface area contributed by atoms with E-state index >= 15 is 0 Å². The Labute approximate surface area is 149 Å². The monoisotopic (exact) mass is 416 g/mol. The molecule has 22 heavy (non-hydrogen) atoms. The number of aliphatic imine (C=N–C) groups is 1. The third-order valence-electron chi connectivity index (χ3n) is 3.50. The molecule has 0 fully saturated rings. The molecule has 1 aromatic rings. The van der Waals surface area contributed by atoms with Gasteiger partial charge in [-0.25, -0.2) is 4.99 Å². The van der Waals surface area contributed by atoms with Crippen LogP contribution in [0.5, 0.6) is 0 Å². The molecular weight excluding hydrogens is 391 g/mol. The van der Waals surface area contributed by atoms with Crippen LogP contribution in [0.25, 0.3) is 0 Å². The van der Waals surface area contributed by atoms with Crippen molar-refractivity contribution < 1.29 is 4.79 Å². The average Bonchev–Trinajstić information content (AvgIpc) is 2.45. The molecular formula is C16H25IN4O. The van der Waals surface area contributed by atoms with Crippen molar-refractivity contribution in [3.63, 3.8) is 0 Å². The summed E-state index contributed by atoms with van der Waals surface area (Å²) in [6.07, 6.45) is 4.65. The van der Waals surface area contributed by atoms with Crippen LogP contribution in [-0.2, 0) is 17.6 Å². The number of nitrogens with one attached hydrogen (secondary N) is 2. The number of rotatable bonds is 4. The zero-order chi connectivity index (χ0) is 15.2. The van der Waals surface area contributed by atoms with E-state index in [0.29, 0.717) is 0 Å². The van der Waals surface area contributed by atoms with Gasteiger partial charge in [-0.05, 0) is 56.7 Å². The molecule has 0 saturated carbocycles. The maximum Gasteiger partial charge on any atom is 0.242 e. The van der Waals surface area contributed by atoms with Gasteiger partial charge in [-0.2, -0.15) is 0 Å². The molecule has 0 saturated heterocycles. The van der Waals surface area contributed by atoms with Crippen LogP contribution in [0.2, 0.25) is 0 Å². The van der Waals surface area contributed by atoms with Crippen LogP contribution in [0.15, 0.2) is 23.2 Å². The molecule has 1 amide bonds. The number of aryl methyl sites for hydroxylation is 1. The minimum Gasteiger partial charge on any atom is -0.370 e. The fourth-order valence-electron chi connectivity index (χ4n) is 2.60. The highest BCUT2D eigenvalue weighted by Crippen LogP contribution is 2.27. The minimum absolute atomic E-state index is 0. The number of nitrogens with two attached hydrogens (primary N) is 1. The Morgan fingerprint density at radius 3 is 2.77 bits per heavy atom. The smallest absolute Gasteiger partial charge is 0.242 e. The van der Waals surface area contributed by atoms with Crippen LogP contribution in [0.4, 0.5) is 5.69 Å². The molecule has 0 radical (unpaired) electrons. The molecule has 4 N–H and O–H groups in total. The summed E-state index contributed by atoms with van der Waals surface area (Å²) >= 11 is 0. The van der Waals surface area contributed by atoms with Crippen molar-refractivity contribution in [2.24, 2.45) is 10.7 Å². The van der Waals surface area contributed by atoms with E-state index < -0.39 is 0 Å². The summed E-state index contributed by atoms with van der Waals surface area (Å²) in [7, 11) is 0. The van der Waals surface area contributed by atoms with E-state index in [1.807, 2.05) is 26.0 Å². The summed E-state index contributed by atoms with van der Waals surface area (Å²) < 4.78 is 0. The number of hydrogen-bond donors (Lipinski definition) is 3. The Bertz CT molecular complexity index is 543. The van der Waals surface area contributed by atoms with E-state index in [4.69, 9.17) is 5.73 Å². The van der Waals surface area contributed by atoms with Crippen molar-refractivity contribution in [1.82, 2.24) is 5.32 Å². The summed E-state index contributed by atoms with van der Waals surface area (Å²) in [5, 5.41) is 5.91. The lowest BCUT2D eigenvalue weighted by atomic mass is 9.90. The van der Waals surface area contributed by atoms with Crippen molar-refractivity contribution in [1.29, 1.82) is 0 Å². The average molecular weight is 416 g/mol. The van der Waals surface area contributed by atoms with E-state index in [-0.39, 0.29) is 48.4 Å². The zero-order valence-corrected chi connectivity index (χ0v) is 15.5. The Morgan fingerprint density at radius 2 is 2.05 bits per heavy atom. The largest absolute Gasteiger partial charge is 0.370 e. The Hall–Kier alpha value is -1.31. The number of carbonyl (C=O) groups excluding carboxylic acids is 1. The van der Waals surface area contributed by atoms with Gasteiger partial charge in [-0.15, -0.1) is 24.0 Å². The van der Waals surface area contributed by atoms with Crippen LogP contribution in [-0.4, -0.2) is 24.5 Å². The SMILES string of the molecule is CC(C)NC(=O)CN=C(N)Nc1cccc2c1CCCC2.I. The number of fused-ring (bicyclic) bond motifs is 1. The molecule has 0 spiro atoms. The van der Waals surface area contributed by atoms with Crippen molar-refractivity contribution in [3.8, 4) is 0 Å². The Balaban J connectivity index is 0.00000242. The number of nitrogens with zero attached hydrogens (tertiary/aromatic N) is 1. The molecule has 0 aromatic heterocycles. The molecule has 0 atom stereocenters. The van der Waals surface area contributed by atoms with E-state index in [9.17, 15) is 4.79 Å². The molecule has 0 bridgehead atoms. The quantitative estimate of drug-likeness (QED) is 0.401. The highest BCUT2D eigenvalue weighted by Gasteiger charge is 2.13. The van der Waals surface area contributed by atoms with E-state index in [1.54, 1.807) is 0 Å². The van der Waals surface area contributed by atoms with Gasteiger partial charge in [0.05, 0.1) is 0 Å². The zero-order valence-electron chi connectivity index (χ0n) is 13.2. The number of amides is 1. The Morgan fingerprint density at radius 1 is 1.32 bits per heavy atom. The molecule has 1 aliphatic rings. The normalized spacial score (nSPS) is 14.0. The molecule has 5 nitrogen and oxygen atoms in total. The predicted octanol–water partition coefficient (Wildman–Crippen LogP) is 2.43. The lowest BCUT2D eigenvalue weighted by molar-refractivity contribution is -0.120. The van der Waals surface area contributed by atoms with Crippen LogP contribution >= 0.6 is 24.0 Å². The van der Waals surface area contributed by atoms with Gasteiger partial charge in [-0.1, -0.05) is 12.1 Å². The van der Waals surface area contributed by atoms with Crippen molar-refractivity contribution in [2.45, 2.75) is 45.6 Å². The molecule has 0 unspecified atom stereocenters. The fraction of sp³-hybridized carbons (Fsp3) is 0.500. The van der Waals surface area contributed by atoms with Crippen molar-refractivity contribution in [3.05, 3.63) is 29.3 Å². The third-order valence-corrected chi connectivity index (χ3v) is 3.50. The molecule has 0 heterocycles. The molecule has 1 aromatic carbocycles. The number of benzene rings is 1. The summed E-state index contributed by atoms with van der Waals surface area (Å²) in [5.74, 6) is 0.165. The van der Waals surface area contributed by atoms with Gasteiger partial charge < -0.3 is 16.4 Å². The number of guanidine groups is 1. The first-order valence-corrected chi connectivity index (χ1v) is 7.53. The van der Waals surface area contributed by atoms with Crippen LogP contribution in [0.3, 0.4) is 0 Å². The molecule has 6 heteroatoms. The van der Waals surface area contributed by atoms with Gasteiger partial charge >= 0.3 is 0 Å². The molecule has 0 aliphatic heterocycles. The summed E-state index contributed by atoms with van der Waals surface area (Å²) in [4.78, 5) is 15.6. The summed E-state index contributed by atoms with van der Waals surface area (Å²) in [5.41, 5.74) is 9.60. The highest BCUT2D eigenvalue weighted by molar-refractivity contribution is 14.0. The maximum absolute atomic E-state index is 11.5.